The van der Waals surface area contributed by atoms with Gasteiger partial charge in [0.2, 0.25) is 0 Å². The van der Waals surface area contributed by atoms with Gasteiger partial charge in [-0.25, -0.2) is 9.59 Å². The first-order chi connectivity index (χ1) is 17.7. The van der Waals surface area contributed by atoms with Gasteiger partial charge in [-0.1, -0.05) is 104 Å². The quantitative estimate of drug-likeness (QED) is 0.0846. The van der Waals surface area contributed by atoms with Crippen LogP contribution in [0.4, 0.5) is 0 Å². The molecule has 0 amide bonds. The summed E-state index contributed by atoms with van der Waals surface area (Å²) in [6, 6.07) is -3.43. The largest absolute Gasteiger partial charge is 0.544 e. The number of quaternary nitrogens is 1. The van der Waals surface area contributed by atoms with E-state index in [1.807, 2.05) is 0 Å². The standard InChI is InChI=1S/C30H55NO6/c1-5-9-10-11-12-13-14-15-16-17-18-19-20-21-22-23-24-31(25(6-2)28(32)33,26(7-3)29(34)35)27(8-4)30(36)37/h20-21,25-27H,5-19,22-24H2,1-4H3,(H2-,32,33,34,35,36,37)/b21-20+. The highest BCUT2D eigenvalue weighted by molar-refractivity contribution is 5.77. The monoisotopic (exact) mass is 525 g/mol. The maximum atomic E-state index is 12.2. The minimum atomic E-state index is -1.38. The zero-order chi connectivity index (χ0) is 28.1. The van der Waals surface area contributed by atoms with E-state index in [0.29, 0.717) is 12.8 Å². The van der Waals surface area contributed by atoms with E-state index in [-0.39, 0.29) is 25.8 Å². The topological polar surface area (TPSA) is 115 Å². The van der Waals surface area contributed by atoms with Gasteiger partial charge in [0, 0.05) is 25.7 Å². The SMILES string of the molecule is CCCCCCCCCCCCC/C=C/CCC[N+](C(CC)C(=O)[O-])(C(CC)C(=O)O)C(CC)C(=O)O. The van der Waals surface area contributed by atoms with Crippen LogP contribution in [0.5, 0.6) is 0 Å². The third kappa shape index (κ3) is 12.5. The highest BCUT2D eigenvalue weighted by Gasteiger charge is 2.53. The number of hydrogen-bond donors (Lipinski definition) is 2. The summed E-state index contributed by atoms with van der Waals surface area (Å²) in [5, 5.41) is 32.0. The van der Waals surface area contributed by atoms with Gasteiger partial charge in [-0.3, -0.25) is 4.48 Å². The van der Waals surface area contributed by atoms with Crippen LogP contribution < -0.4 is 5.11 Å². The van der Waals surface area contributed by atoms with Crippen LogP contribution in [0.1, 0.15) is 137 Å². The number of unbranched alkanes of at least 4 members (excludes halogenated alkanes) is 12. The Labute approximate surface area is 225 Å². The van der Waals surface area contributed by atoms with Crippen LogP contribution in [-0.4, -0.2) is 57.3 Å². The van der Waals surface area contributed by atoms with Gasteiger partial charge < -0.3 is 20.1 Å². The Morgan fingerprint density at radius 2 is 1.00 bits per heavy atom. The molecule has 0 saturated heterocycles. The van der Waals surface area contributed by atoms with E-state index in [9.17, 15) is 29.7 Å². The third-order valence-corrected chi connectivity index (χ3v) is 7.80. The summed E-state index contributed by atoms with van der Waals surface area (Å²) >= 11 is 0. The maximum absolute atomic E-state index is 12.2. The minimum absolute atomic E-state index is 0.116. The zero-order valence-electron chi connectivity index (χ0n) is 24.1. The number of carbonyl (C=O) groups is 3. The second-order valence-corrected chi connectivity index (χ2v) is 10.4. The van der Waals surface area contributed by atoms with Crippen molar-refractivity contribution in [2.45, 2.75) is 155 Å². The molecule has 0 heterocycles. The van der Waals surface area contributed by atoms with Crippen molar-refractivity contribution >= 4 is 17.9 Å². The summed E-state index contributed by atoms with van der Waals surface area (Å²) in [4.78, 5) is 36.5. The van der Waals surface area contributed by atoms with Gasteiger partial charge in [0.25, 0.3) is 0 Å². The molecule has 0 aromatic rings. The molecular formula is C30H55NO6. The van der Waals surface area contributed by atoms with Crippen molar-refractivity contribution in [3.8, 4) is 0 Å². The van der Waals surface area contributed by atoms with E-state index in [4.69, 9.17) is 0 Å². The van der Waals surface area contributed by atoms with E-state index in [1.54, 1.807) is 20.8 Å². The van der Waals surface area contributed by atoms with E-state index in [0.717, 1.165) is 12.8 Å². The molecule has 0 radical (unpaired) electrons. The molecule has 0 aromatic heterocycles. The molecule has 7 heteroatoms. The number of aliphatic carboxylic acids is 3. The van der Waals surface area contributed by atoms with Crippen LogP contribution in [0.25, 0.3) is 0 Å². The van der Waals surface area contributed by atoms with Crippen molar-refractivity contribution in [1.82, 2.24) is 0 Å². The first kappa shape index (κ1) is 35.1. The van der Waals surface area contributed by atoms with Gasteiger partial charge in [0.15, 0.2) is 12.1 Å². The highest BCUT2D eigenvalue weighted by atomic mass is 16.4. The fourth-order valence-corrected chi connectivity index (χ4v) is 5.91. The molecule has 0 rings (SSSR count). The summed E-state index contributed by atoms with van der Waals surface area (Å²) in [7, 11) is 0. The Morgan fingerprint density at radius 3 is 1.35 bits per heavy atom. The van der Waals surface area contributed by atoms with E-state index in [2.05, 4.69) is 19.1 Å². The number of allylic oxidation sites excluding steroid dienone is 2. The maximum Gasteiger partial charge on any atom is 0.362 e. The van der Waals surface area contributed by atoms with Crippen LogP contribution in [0, 0.1) is 0 Å². The van der Waals surface area contributed by atoms with Crippen LogP contribution in [0.3, 0.4) is 0 Å². The average molecular weight is 526 g/mol. The average Bonchev–Trinajstić information content (AvgIpc) is 2.84. The number of carboxylic acid groups (broad SMARTS) is 3. The molecule has 0 aliphatic heterocycles. The molecule has 0 aromatic carbocycles. The van der Waals surface area contributed by atoms with Gasteiger partial charge in [-0.2, -0.15) is 0 Å². The second kappa shape index (κ2) is 21.1. The van der Waals surface area contributed by atoms with Crippen molar-refractivity contribution < 1.29 is 34.2 Å². The highest BCUT2D eigenvalue weighted by Crippen LogP contribution is 2.32. The van der Waals surface area contributed by atoms with E-state index < -0.39 is 40.5 Å². The van der Waals surface area contributed by atoms with Gasteiger partial charge in [-0.15, -0.1) is 0 Å². The van der Waals surface area contributed by atoms with Crippen molar-refractivity contribution in [3.05, 3.63) is 12.2 Å². The molecular weight excluding hydrogens is 470 g/mol. The first-order valence-electron chi connectivity index (χ1n) is 14.9. The second-order valence-electron chi connectivity index (χ2n) is 10.4. The normalized spacial score (nSPS) is 15.8. The third-order valence-electron chi connectivity index (χ3n) is 7.80. The fourth-order valence-electron chi connectivity index (χ4n) is 5.91. The number of carbonyl (C=O) groups excluding carboxylic acids is 1. The number of nitrogens with zero attached hydrogens (tertiary/aromatic N) is 1. The van der Waals surface area contributed by atoms with E-state index in [1.165, 1.54) is 64.2 Å². The zero-order valence-corrected chi connectivity index (χ0v) is 24.1. The smallest absolute Gasteiger partial charge is 0.362 e. The lowest BCUT2D eigenvalue weighted by Gasteiger charge is -2.51. The van der Waals surface area contributed by atoms with Gasteiger partial charge in [0.1, 0.15) is 6.04 Å². The lowest BCUT2D eigenvalue weighted by molar-refractivity contribution is -0.974. The minimum Gasteiger partial charge on any atom is -0.544 e. The van der Waals surface area contributed by atoms with Crippen LogP contribution in [0.2, 0.25) is 0 Å². The predicted octanol–water partition coefficient (Wildman–Crippen LogP) is 6.10. The number of carboxylic acids is 3. The summed E-state index contributed by atoms with van der Waals surface area (Å²) < 4.78 is -0.497. The first-order valence-corrected chi connectivity index (χ1v) is 14.9. The molecule has 37 heavy (non-hydrogen) atoms. The Balaban J connectivity index is 4.84. The van der Waals surface area contributed by atoms with Crippen LogP contribution >= 0.6 is 0 Å². The Bertz CT molecular complexity index is 607. The van der Waals surface area contributed by atoms with Crippen molar-refractivity contribution in [3.63, 3.8) is 0 Å². The molecule has 2 N–H and O–H groups in total. The van der Waals surface area contributed by atoms with Gasteiger partial charge in [0.05, 0.1) is 12.5 Å². The summed E-state index contributed by atoms with van der Waals surface area (Å²) in [5.74, 6) is -3.70. The molecule has 3 unspecified atom stereocenters. The van der Waals surface area contributed by atoms with Crippen molar-refractivity contribution in [2.24, 2.45) is 0 Å². The number of hydrogen-bond acceptors (Lipinski definition) is 4. The Kier molecular flexibility index (Phi) is 20.0. The fraction of sp³-hybridized carbons (Fsp3) is 0.833. The van der Waals surface area contributed by atoms with Crippen molar-refractivity contribution in [2.75, 3.05) is 6.54 Å². The Morgan fingerprint density at radius 1 is 0.622 bits per heavy atom. The molecule has 0 aliphatic carbocycles. The molecule has 0 fully saturated rings. The molecule has 0 aliphatic rings. The molecule has 3 atom stereocenters. The lowest BCUT2D eigenvalue weighted by Crippen LogP contribution is -2.73. The lowest BCUT2D eigenvalue weighted by atomic mass is 9.94. The van der Waals surface area contributed by atoms with E-state index >= 15 is 0 Å². The summed E-state index contributed by atoms with van der Waals surface area (Å²) in [5.41, 5.74) is 0. The molecule has 7 nitrogen and oxygen atoms in total. The van der Waals surface area contributed by atoms with Crippen LogP contribution in [0.15, 0.2) is 12.2 Å². The molecule has 216 valence electrons. The molecule has 0 saturated carbocycles. The number of rotatable bonds is 25. The molecule has 0 bridgehead atoms. The molecule has 0 spiro atoms. The summed E-state index contributed by atoms with van der Waals surface area (Å²) in [6.45, 7) is 7.43. The van der Waals surface area contributed by atoms with Crippen LogP contribution in [-0.2, 0) is 14.4 Å². The van der Waals surface area contributed by atoms with Crippen molar-refractivity contribution in [1.29, 1.82) is 0 Å². The van der Waals surface area contributed by atoms with Gasteiger partial charge in [-0.05, 0) is 19.3 Å². The Hall–Kier alpha value is -1.89. The summed E-state index contributed by atoms with van der Waals surface area (Å²) in [6.07, 6.45) is 21.2. The van der Waals surface area contributed by atoms with Gasteiger partial charge >= 0.3 is 11.9 Å². The predicted molar refractivity (Wildman–Crippen MR) is 147 cm³/mol.